The summed E-state index contributed by atoms with van der Waals surface area (Å²) in [7, 11) is -4.59. The molecule has 2 aromatic rings. The molecular weight excluding hydrogens is 306 g/mol. The molecule has 0 aliphatic heterocycles. The number of hydrogen-bond acceptors (Lipinski definition) is 2. The minimum atomic E-state index is -4.59. The fraction of sp³-hybridized carbons (Fsp3) is 0.176. The molecule has 0 N–H and O–H groups in total. The number of hydrogen-bond donors (Lipinski definition) is 0. The van der Waals surface area contributed by atoms with Gasteiger partial charge in [0.05, 0.1) is 4.90 Å². The molecule has 0 amide bonds. The fourth-order valence-corrected chi connectivity index (χ4v) is 3.90. The molecule has 1 aliphatic carbocycles. The largest absolute Gasteiger partial charge is 0.341 e. The number of benzene rings is 2. The van der Waals surface area contributed by atoms with E-state index in [1.165, 1.54) is 12.1 Å². The molecule has 22 heavy (non-hydrogen) atoms. The second-order valence-corrected chi connectivity index (χ2v) is 7.13. The topological polar surface area (TPSA) is 34.1 Å². The lowest BCUT2D eigenvalue weighted by Crippen LogP contribution is -2.14. The maximum Gasteiger partial charge on any atom is 0.341 e. The molecule has 0 fully saturated rings. The highest BCUT2D eigenvalue weighted by Crippen LogP contribution is 2.38. The van der Waals surface area contributed by atoms with Crippen LogP contribution in [0.5, 0.6) is 0 Å². The molecule has 0 aromatic heterocycles. The molecule has 2 aromatic carbocycles. The number of alkyl halides is 2. The average molecular weight is 320 g/mol. The smallest absolute Gasteiger partial charge is 0.218 e. The first-order chi connectivity index (χ1) is 10.4. The Morgan fingerprint density at radius 3 is 2.41 bits per heavy atom. The van der Waals surface area contributed by atoms with Crippen molar-refractivity contribution in [2.75, 3.05) is 0 Å². The molecule has 0 saturated carbocycles. The van der Waals surface area contributed by atoms with E-state index in [1.807, 2.05) is 36.4 Å². The third-order valence-corrected chi connectivity index (χ3v) is 5.53. The number of fused-ring (bicyclic) bond motifs is 1. The lowest BCUT2D eigenvalue weighted by Gasteiger charge is -2.17. The predicted molar refractivity (Wildman–Crippen MR) is 81.7 cm³/mol. The standard InChI is InChI=1S/C17H14F2O2S/c1-11-13(7-4-8-16(11)22(20,21)17(18)19)15-10-9-12-5-2-3-6-14(12)15/h2-10,15,17H,1H3. The SMILES string of the molecule is Cc1c(C2C=Cc3ccccc32)cccc1S(=O)(=O)C(F)F. The van der Waals surface area contributed by atoms with E-state index in [2.05, 4.69) is 0 Å². The van der Waals surface area contributed by atoms with Crippen LogP contribution >= 0.6 is 0 Å². The Hall–Kier alpha value is -2.01. The third kappa shape index (κ3) is 2.25. The van der Waals surface area contributed by atoms with Gasteiger partial charge in [0.2, 0.25) is 9.84 Å². The molecule has 0 saturated heterocycles. The summed E-state index contributed by atoms with van der Waals surface area (Å²) in [6.07, 6.45) is 3.93. The fourth-order valence-electron chi connectivity index (χ4n) is 2.89. The summed E-state index contributed by atoms with van der Waals surface area (Å²) >= 11 is 0. The summed E-state index contributed by atoms with van der Waals surface area (Å²) in [6.45, 7) is 1.58. The summed E-state index contributed by atoms with van der Waals surface area (Å²) in [5.74, 6) is -3.52. The van der Waals surface area contributed by atoms with Crippen molar-refractivity contribution in [3.05, 3.63) is 70.8 Å². The van der Waals surface area contributed by atoms with Gasteiger partial charge in [0.15, 0.2) is 0 Å². The molecule has 0 radical (unpaired) electrons. The second kappa shape index (κ2) is 5.32. The van der Waals surface area contributed by atoms with E-state index in [4.69, 9.17) is 0 Å². The molecule has 0 heterocycles. The summed E-state index contributed by atoms with van der Waals surface area (Å²) in [4.78, 5) is -0.294. The third-order valence-electron chi connectivity index (χ3n) is 4.00. The molecule has 114 valence electrons. The van der Waals surface area contributed by atoms with Crippen LogP contribution in [0.25, 0.3) is 6.08 Å². The second-order valence-electron chi connectivity index (χ2n) is 5.24. The van der Waals surface area contributed by atoms with E-state index in [9.17, 15) is 17.2 Å². The number of rotatable bonds is 3. The van der Waals surface area contributed by atoms with E-state index in [0.29, 0.717) is 5.56 Å². The minimum absolute atomic E-state index is 0.107. The Bertz CT molecular complexity index is 855. The van der Waals surface area contributed by atoms with Gasteiger partial charge in [-0.05, 0) is 35.2 Å². The van der Waals surface area contributed by atoms with Crippen LogP contribution < -0.4 is 0 Å². The van der Waals surface area contributed by atoms with Crippen molar-refractivity contribution in [1.29, 1.82) is 0 Å². The first-order valence-electron chi connectivity index (χ1n) is 6.81. The van der Waals surface area contributed by atoms with Crippen LogP contribution in [0.3, 0.4) is 0 Å². The van der Waals surface area contributed by atoms with E-state index in [1.54, 1.807) is 13.0 Å². The van der Waals surface area contributed by atoms with E-state index >= 15 is 0 Å². The molecule has 1 aliphatic rings. The highest BCUT2D eigenvalue weighted by molar-refractivity contribution is 7.91. The number of allylic oxidation sites excluding steroid dienone is 1. The predicted octanol–water partition coefficient (Wildman–Crippen LogP) is 4.15. The van der Waals surface area contributed by atoms with E-state index < -0.39 is 15.6 Å². The normalized spacial score (nSPS) is 17.0. The summed E-state index contributed by atoms with van der Waals surface area (Å²) in [5, 5.41) is 0. The van der Waals surface area contributed by atoms with E-state index in [-0.39, 0.29) is 10.8 Å². The van der Waals surface area contributed by atoms with Gasteiger partial charge >= 0.3 is 5.76 Å². The van der Waals surface area contributed by atoms with Crippen LogP contribution in [-0.4, -0.2) is 14.2 Å². The van der Waals surface area contributed by atoms with Crippen molar-refractivity contribution in [2.45, 2.75) is 23.5 Å². The molecule has 0 bridgehead atoms. The highest BCUT2D eigenvalue weighted by atomic mass is 32.2. The van der Waals surface area contributed by atoms with Crippen LogP contribution in [0.15, 0.2) is 53.4 Å². The zero-order valence-electron chi connectivity index (χ0n) is 11.8. The highest BCUT2D eigenvalue weighted by Gasteiger charge is 2.30. The van der Waals surface area contributed by atoms with Crippen LogP contribution in [0, 0.1) is 6.92 Å². The van der Waals surface area contributed by atoms with Gasteiger partial charge in [0, 0.05) is 5.92 Å². The number of halogens is 2. The Balaban J connectivity index is 2.14. The van der Waals surface area contributed by atoms with Crippen molar-refractivity contribution in [3.8, 4) is 0 Å². The minimum Gasteiger partial charge on any atom is -0.218 e. The molecule has 2 nitrogen and oxygen atoms in total. The van der Waals surface area contributed by atoms with Crippen molar-refractivity contribution in [1.82, 2.24) is 0 Å². The Morgan fingerprint density at radius 1 is 1.00 bits per heavy atom. The van der Waals surface area contributed by atoms with Crippen molar-refractivity contribution in [2.24, 2.45) is 0 Å². The summed E-state index contributed by atoms with van der Waals surface area (Å²) < 4.78 is 49.2. The van der Waals surface area contributed by atoms with Crippen molar-refractivity contribution >= 4 is 15.9 Å². The quantitative estimate of drug-likeness (QED) is 0.851. The molecule has 0 spiro atoms. The van der Waals surface area contributed by atoms with Gasteiger partial charge in [-0.15, -0.1) is 0 Å². The van der Waals surface area contributed by atoms with Gasteiger partial charge in [0.25, 0.3) is 0 Å². The van der Waals surface area contributed by atoms with Crippen molar-refractivity contribution < 1.29 is 17.2 Å². The van der Waals surface area contributed by atoms with Gasteiger partial charge < -0.3 is 0 Å². The number of sulfone groups is 1. The Kier molecular flexibility index (Phi) is 3.60. The zero-order chi connectivity index (χ0) is 15.9. The maximum atomic E-state index is 12.8. The maximum absolute atomic E-state index is 12.8. The van der Waals surface area contributed by atoms with Gasteiger partial charge in [0.1, 0.15) is 0 Å². The van der Waals surface area contributed by atoms with Gasteiger partial charge in [-0.25, -0.2) is 8.42 Å². The zero-order valence-corrected chi connectivity index (χ0v) is 12.6. The molecule has 1 unspecified atom stereocenters. The monoisotopic (exact) mass is 320 g/mol. The van der Waals surface area contributed by atoms with Crippen LogP contribution in [-0.2, 0) is 9.84 Å². The summed E-state index contributed by atoms with van der Waals surface area (Å²) in [5.41, 5.74) is 3.24. The van der Waals surface area contributed by atoms with Gasteiger partial charge in [-0.1, -0.05) is 48.6 Å². The molecule has 3 rings (SSSR count). The van der Waals surface area contributed by atoms with Gasteiger partial charge in [-0.3, -0.25) is 0 Å². The molecule has 5 heteroatoms. The molecular formula is C17H14F2O2S. The Morgan fingerprint density at radius 2 is 1.68 bits per heavy atom. The van der Waals surface area contributed by atoms with Crippen LogP contribution in [0.2, 0.25) is 0 Å². The van der Waals surface area contributed by atoms with E-state index in [0.717, 1.165) is 16.7 Å². The van der Waals surface area contributed by atoms with Gasteiger partial charge in [-0.2, -0.15) is 8.78 Å². The van der Waals surface area contributed by atoms with Crippen LogP contribution in [0.1, 0.15) is 28.2 Å². The average Bonchev–Trinajstić information content (AvgIpc) is 2.91. The first-order valence-corrected chi connectivity index (χ1v) is 8.36. The first kappa shape index (κ1) is 14.9. The summed E-state index contributed by atoms with van der Waals surface area (Å²) in [6, 6.07) is 12.3. The van der Waals surface area contributed by atoms with Crippen molar-refractivity contribution in [3.63, 3.8) is 0 Å². The Labute approximate surface area is 128 Å². The lowest BCUT2D eigenvalue weighted by atomic mass is 9.90. The lowest BCUT2D eigenvalue weighted by molar-refractivity contribution is 0.234. The molecule has 1 atom stereocenters. The van der Waals surface area contributed by atoms with Crippen LogP contribution in [0.4, 0.5) is 8.78 Å².